The van der Waals surface area contributed by atoms with Gasteiger partial charge in [0.1, 0.15) is 5.82 Å². The van der Waals surface area contributed by atoms with Gasteiger partial charge in [0, 0.05) is 18.0 Å². The fourth-order valence-electron chi connectivity index (χ4n) is 1.47. The Morgan fingerprint density at radius 1 is 1.27 bits per heavy atom. The largest absolute Gasteiger partial charge is 0.302 e. The van der Waals surface area contributed by atoms with Crippen LogP contribution in [0.3, 0.4) is 0 Å². The average molecular weight is 230 g/mol. The van der Waals surface area contributed by atoms with Gasteiger partial charge in [0.15, 0.2) is 0 Å². The van der Waals surface area contributed by atoms with Crippen molar-refractivity contribution in [3.8, 4) is 0 Å². The van der Waals surface area contributed by atoms with Gasteiger partial charge in [-0.2, -0.15) is 0 Å². The van der Waals surface area contributed by atoms with Crippen LogP contribution < -0.4 is 0 Å². The van der Waals surface area contributed by atoms with Crippen LogP contribution in [0.1, 0.15) is 18.4 Å². The summed E-state index contributed by atoms with van der Waals surface area (Å²) in [4.78, 5) is 2.12. The van der Waals surface area contributed by atoms with Crippen LogP contribution in [-0.4, -0.2) is 24.4 Å². The molecule has 0 amide bonds. The van der Waals surface area contributed by atoms with Crippen LogP contribution in [0.2, 0.25) is 0 Å². The second-order valence-electron chi connectivity index (χ2n) is 3.73. The molecule has 0 atom stereocenters. The topological polar surface area (TPSA) is 3.24 Å². The van der Waals surface area contributed by atoms with E-state index in [0.717, 1.165) is 24.9 Å². The second kappa shape index (κ2) is 6.81. The Kier molecular flexibility index (Phi) is 5.66. The third-order valence-electron chi connectivity index (χ3n) is 2.32. The van der Waals surface area contributed by atoms with E-state index in [1.807, 2.05) is 19.2 Å². The van der Waals surface area contributed by atoms with E-state index in [2.05, 4.69) is 4.90 Å². The molecule has 3 heteroatoms. The summed E-state index contributed by atoms with van der Waals surface area (Å²) < 4.78 is 13.3. The molecule has 0 N–H and O–H groups in total. The minimum atomic E-state index is -0.123. The lowest BCUT2D eigenvalue weighted by molar-refractivity contribution is 0.316. The van der Waals surface area contributed by atoms with Gasteiger partial charge in [-0.05, 0) is 32.5 Å². The highest BCUT2D eigenvalue weighted by atomic mass is 35.5. The summed E-state index contributed by atoms with van der Waals surface area (Å²) in [6, 6.07) is 6.91. The van der Waals surface area contributed by atoms with Crippen LogP contribution in [-0.2, 0) is 6.54 Å². The fourth-order valence-corrected chi connectivity index (χ4v) is 1.66. The number of unbranched alkanes of at least 4 members (excludes halogenated alkanes) is 1. The summed E-state index contributed by atoms with van der Waals surface area (Å²) in [5.41, 5.74) is 0.755. The normalized spacial score (nSPS) is 10.9. The van der Waals surface area contributed by atoms with Gasteiger partial charge in [-0.3, -0.25) is 0 Å². The van der Waals surface area contributed by atoms with Crippen LogP contribution in [0.4, 0.5) is 4.39 Å². The van der Waals surface area contributed by atoms with Crippen molar-refractivity contribution in [2.45, 2.75) is 19.4 Å². The molecule has 0 bridgehead atoms. The Morgan fingerprint density at radius 2 is 2.00 bits per heavy atom. The number of rotatable bonds is 6. The van der Waals surface area contributed by atoms with E-state index in [9.17, 15) is 4.39 Å². The Bertz CT molecular complexity index is 291. The van der Waals surface area contributed by atoms with Crippen molar-refractivity contribution in [3.63, 3.8) is 0 Å². The molecule has 1 nitrogen and oxygen atoms in total. The van der Waals surface area contributed by atoms with Crippen molar-refractivity contribution in [1.82, 2.24) is 4.90 Å². The minimum absolute atomic E-state index is 0.123. The molecule has 0 aliphatic rings. The summed E-state index contributed by atoms with van der Waals surface area (Å²) in [6.07, 6.45) is 2.08. The quantitative estimate of drug-likeness (QED) is 0.535. The third-order valence-corrected chi connectivity index (χ3v) is 2.59. The SMILES string of the molecule is CN(CCCCCl)Cc1ccccc1F. The number of nitrogens with zero attached hydrogens (tertiary/aromatic N) is 1. The smallest absolute Gasteiger partial charge is 0.127 e. The molecule has 0 fully saturated rings. The van der Waals surface area contributed by atoms with Crippen LogP contribution >= 0.6 is 11.6 Å². The van der Waals surface area contributed by atoms with Gasteiger partial charge in [0.2, 0.25) is 0 Å². The first-order valence-corrected chi connectivity index (χ1v) is 5.75. The molecule has 0 saturated heterocycles. The molecular weight excluding hydrogens is 213 g/mol. The number of benzene rings is 1. The second-order valence-corrected chi connectivity index (χ2v) is 4.10. The molecule has 0 unspecified atom stereocenters. The lowest BCUT2D eigenvalue weighted by atomic mass is 10.2. The molecule has 15 heavy (non-hydrogen) atoms. The molecule has 84 valence electrons. The van der Waals surface area contributed by atoms with E-state index in [0.29, 0.717) is 12.4 Å². The maximum Gasteiger partial charge on any atom is 0.127 e. The zero-order chi connectivity index (χ0) is 11.1. The van der Waals surface area contributed by atoms with Gasteiger partial charge < -0.3 is 4.90 Å². The van der Waals surface area contributed by atoms with Crippen LogP contribution in [0.15, 0.2) is 24.3 Å². The van der Waals surface area contributed by atoms with Crippen LogP contribution in [0.5, 0.6) is 0 Å². The predicted octanol–water partition coefficient (Wildman–Crippen LogP) is 3.28. The highest BCUT2D eigenvalue weighted by Gasteiger charge is 2.04. The van der Waals surface area contributed by atoms with E-state index in [-0.39, 0.29) is 5.82 Å². The first-order valence-electron chi connectivity index (χ1n) is 5.22. The summed E-state index contributed by atoms with van der Waals surface area (Å²) in [7, 11) is 2.00. The van der Waals surface area contributed by atoms with Crippen LogP contribution in [0, 0.1) is 5.82 Å². The Balaban J connectivity index is 2.37. The summed E-state index contributed by atoms with van der Waals surface area (Å²) in [5.74, 6) is 0.578. The first-order chi connectivity index (χ1) is 7.24. The third kappa shape index (κ3) is 4.63. The standard InChI is InChI=1S/C12H17ClFN/c1-15(9-5-4-8-13)10-11-6-2-3-7-12(11)14/h2-3,6-7H,4-5,8-10H2,1H3. The molecule has 0 aliphatic heterocycles. The number of alkyl halides is 1. The van der Waals surface area contributed by atoms with E-state index in [1.165, 1.54) is 6.07 Å². The predicted molar refractivity (Wildman–Crippen MR) is 62.7 cm³/mol. The van der Waals surface area contributed by atoms with E-state index in [4.69, 9.17) is 11.6 Å². The fraction of sp³-hybridized carbons (Fsp3) is 0.500. The van der Waals surface area contributed by atoms with Crippen molar-refractivity contribution in [2.24, 2.45) is 0 Å². The van der Waals surface area contributed by atoms with E-state index in [1.54, 1.807) is 6.07 Å². The molecule has 0 saturated carbocycles. The number of hydrogen-bond acceptors (Lipinski definition) is 1. The Labute approximate surface area is 95.8 Å². The molecule has 0 aromatic heterocycles. The molecule has 0 radical (unpaired) electrons. The lowest BCUT2D eigenvalue weighted by Gasteiger charge is -2.16. The number of hydrogen-bond donors (Lipinski definition) is 0. The maximum absolute atomic E-state index is 13.3. The zero-order valence-electron chi connectivity index (χ0n) is 9.05. The first kappa shape index (κ1) is 12.5. The summed E-state index contributed by atoms with van der Waals surface area (Å²) in [6.45, 7) is 1.62. The van der Waals surface area contributed by atoms with Gasteiger partial charge in [-0.15, -0.1) is 11.6 Å². The van der Waals surface area contributed by atoms with Crippen LogP contribution in [0.25, 0.3) is 0 Å². The summed E-state index contributed by atoms with van der Waals surface area (Å²) >= 11 is 5.59. The molecule has 0 heterocycles. The van der Waals surface area contributed by atoms with Crippen molar-refractivity contribution in [3.05, 3.63) is 35.6 Å². The monoisotopic (exact) mass is 229 g/mol. The molecule has 1 aromatic rings. The minimum Gasteiger partial charge on any atom is -0.302 e. The zero-order valence-corrected chi connectivity index (χ0v) is 9.80. The molecule has 0 spiro atoms. The summed E-state index contributed by atoms with van der Waals surface area (Å²) in [5, 5.41) is 0. The molecule has 1 rings (SSSR count). The van der Waals surface area contributed by atoms with Gasteiger partial charge in [-0.25, -0.2) is 4.39 Å². The Hall–Kier alpha value is -0.600. The van der Waals surface area contributed by atoms with E-state index < -0.39 is 0 Å². The lowest BCUT2D eigenvalue weighted by Crippen LogP contribution is -2.19. The maximum atomic E-state index is 13.3. The number of halogens is 2. The molecule has 0 aliphatic carbocycles. The van der Waals surface area contributed by atoms with Gasteiger partial charge in [0.25, 0.3) is 0 Å². The van der Waals surface area contributed by atoms with E-state index >= 15 is 0 Å². The van der Waals surface area contributed by atoms with Crippen molar-refractivity contribution < 1.29 is 4.39 Å². The van der Waals surface area contributed by atoms with Gasteiger partial charge in [-0.1, -0.05) is 18.2 Å². The molecule has 1 aromatic carbocycles. The Morgan fingerprint density at radius 3 is 2.67 bits per heavy atom. The molecular formula is C12H17ClFN. The average Bonchev–Trinajstić information content (AvgIpc) is 2.22. The van der Waals surface area contributed by atoms with Gasteiger partial charge in [0.05, 0.1) is 0 Å². The highest BCUT2D eigenvalue weighted by Crippen LogP contribution is 2.09. The van der Waals surface area contributed by atoms with Crippen molar-refractivity contribution in [1.29, 1.82) is 0 Å². The van der Waals surface area contributed by atoms with Gasteiger partial charge >= 0.3 is 0 Å². The highest BCUT2D eigenvalue weighted by molar-refractivity contribution is 6.17. The van der Waals surface area contributed by atoms with Crippen molar-refractivity contribution in [2.75, 3.05) is 19.5 Å². The van der Waals surface area contributed by atoms with Crippen molar-refractivity contribution >= 4 is 11.6 Å².